The third-order valence-electron chi connectivity index (χ3n) is 5.02. The van der Waals surface area contributed by atoms with Gasteiger partial charge in [0.1, 0.15) is 0 Å². The lowest BCUT2D eigenvalue weighted by atomic mass is 9.84. The number of aliphatic carboxylic acids is 2. The van der Waals surface area contributed by atoms with Gasteiger partial charge in [-0.3, -0.25) is 9.59 Å². The lowest BCUT2D eigenvalue weighted by Crippen LogP contribution is -2.23. The van der Waals surface area contributed by atoms with Crippen molar-refractivity contribution in [2.45, 2.75) is 73.1 Å². The number of carboxylic acids is 2. The highest BCUT2D eigenvalue weighted by molar-refractivity contribution is 5.73. The third-order valence-corrected chi connectivity index (χ3v) is 5.02. The molecule has 1 aromatic carbocycles. The fourth-order valence-corrected chi connectivity index (χ4v) is 2.89. The van der Waals surface area contributed by atoms with Crippen molar-refractivity contribution in [3.8, 4) is 0 Å². The molecule has 0 saturated heterocycles. The summed E-state index contributed by atoms with van der Waals surface area (Å²) in [5.74, 6) is -1.51. The van der Waals surface area contributed by atoms with Crippen molar-refractivity contribution in [1.29, 1.82) is 0 Å². The zero-order valence-corrected chi connectivity index (χ0v) is 16.2. The van der Waals surface area contributed by atoms with E-state index in [9.17, 15) is 19.8 Å². The SMILES string of the molecule is Cc1ccc(CCCC(C)(C)C(=O)O)c(CCCC(C)(C)C(=O)O)c1. The Bertz CT molecular complexity index is 614. The van der Waals surface area contributed by atoms with Gasteiger partial charge in [0.2, 0.25) is 0 Å². The molecule has 0 aromatic heterocycles. The summed E-state index contributed by atoms with van der Waals surface area (Å²) in [6.07, 6.45) is 4.65. The van der Waals surface area contributed by atoms with Gasteiger partial charge in [-0.2, -0.15) is 0 Å². The molecule has 1 aromatic rings. The van der Waals surface area contributed by atoms with Gasteiger partial charge in [0, 0.05) is 0 Å². The normalized spacial score (nSPS) is 12.2. The summed E-state index contributed by atoms with van der Waals surface area (Å²) in [6, 6.07) is 6.38. The quantitative estimate of drug-likeness (QED) is 0.633. The van der Waals surface area contributed by atoms with Gasteiger partial charge < -0.3 is 10.2 Å². The molecule has 0 aliphatic heterocycles. The Morgan fingerprint density at radius 1 is 0.840 bits per heavy atom. The van der Waals surface area contributed by atoms with E-state index in [4.69, 9.17) is 0 Å². The summed E-state index contributed by atoms with van der Waals surface area (Å²) in [6.45, 7) is 9.11. The average molecular weight is 348 g/mol. The molecule has 25 heavy (non-hydrogen) atoms. The second-order valence-electron chi connectivity index (χ2n) is 8.36. The van der Waals surface area contributed by atoms with Crippen LogP contribution in [0.25, 0.3) is 0 Å². The van der Waals surface area contributed by atoms with Crippen LogP contribution in [0.15, 0.2) is 18.2 Å². The van der Waals surface area contributed by atoms with Crippen LogP contribution in [0.4, 0.5) is 0 Å². The molecule has 0 heterocycles. The highest BCUT2D eigenvalue weighted by Gasteiger charge is 2.27. The number of benzene rings is 1. The van der Waals surface area contributed by atoms with Gasteiger partial charge in [-0.05, 0) is 84.3 Å². The van der Waals surface area contributed by atoms with Gasteiger partial charge in [-0.1, -0.05) is 23.8 Å². The summed E-state index contributed by atoms with van der Waals surface area (Å²) < 4.78 is 0. The number of aryl methyl sites for hydroxylation is 3. The standard InChI is InChI=1S/C21H32O4/c1-15-10-11-16(8-6-12-20(2,3)18(22)23)17(14-15)9-7-13-21(4,5)19(24)25/h10-11,14H,6-9,12-13H2,1-5H3,(H,22,23)(H,24,25). The lowest BCUT2D eigenvalue weighted by molar-refractivity contribution is -0.148. The van der Waals surface area contributed by atoms with Gasteiger partial charge >= 0.3 is 11.9 Å². The van der Waals surface area contributed by atoms with Crippen LogP contribution in [0.1, 0.15) is 70.1 Å². The number of hydrogen-bond donors (Lipinski definition) is 2. The van der Waals surface area contributed by atoms with E-state index in [0.29, 0.717) is 12.8 Å². The number of carboxylic acid groups (broad SMARTS) is 2. The second kappa shape index (κ2) is 8.50. The first-order valence-corrected chi connectivity index (χ1v) is 9.01. The smallest absolute Gasteiger partial charge is 0.309 e. The molecule has 0 atom stereocenters. The first-order valence-electron chi connectivity index (χ1n) is 9.01. The minimum atomic E-state index is -0.757. The van der Waals surface area contributed by atoms with Crippen molar-refractivity contribution in [3.63, 3.8) is 0 Å². The fraction of sp³-hybridized carbons (Fsp3) is 0.619. The second-order valence-corrected chi connectivity index (χ2v) is 8.36. The van der Waals surface area contributed by atoms with Crippen LogP contribution in [0.5, 0.6) is 0 Å². The van der Waals surface area contributed by atoms with Crippen LogP contribution < -0.4 is 0 Å². The molecule has 0 spiro atoms. The Morgan fingerprint density at radius 2 is 1.28 bits per heavy atom. The van der Waals surface area contributed by atoms with Crippen LogP contribution in [0.3, 0.4) is 0 Å². The van der Waals surface area contributed by atoms with Crippen LogP contribution in [-0.2, 0) is 22.4 Å². The van der Waals surface area contributed by atoms with E-state index in [2.05, 4.69) is 25.1 Å². The molecule has 4 heteroatoms. The Balaban J connectivity index is 2.70. The predicted octanol–water partition coefficient (Wildman–Crippen LogP) is 4.86. The fourth-order valence-electron chi connectivity index (χ4n) is 2.89. The number of hydrogen-bond acceptors (Lipinski definition) is 2. The molecule has 140 valence electrons. The Hall–Kier alpha value is -1.84. The van der Waals surface area contributed by atoms with Gasteiger partial charge in [0.15, 0.2) is 0 Å². The summed E-state index contributed by atoms with van der Waals surface area (Å²) in [5, 5.41) is 18.4. The molecule has 0 unspecified atom stereocenters. The molecular weight excluding hydrogens is 316 g/mol. The minimum Gasteiger partial charge on any atom is -0.481 e. The molecule has 0 fully saturated rings. The lowest BCUT2D eigenvalue weighted by Gasteiger charge is -2.20. The zero-order chi connectivity index (χ0) is 19.3. The van der Waals surface area contributed by atoms with Crippen molar-refractivity contribution in [2.24, 2.45) is 10.8 Å². The van der Waals surface area contributed by atoms with Crippen molar-refractivity contribution in [1.82, 2.24) is 0 Å². The van der Waals surface area contributed by atoms with Crippen molar-refractivity contribution in [3.05, 3.63) is 34.9 Å². The molecule has 4 nitrogen and oxygen atoms in total. The molecule has 2 N–H and O–H groups in total. The van der Waals surface area contributed by atoms with E-state index in [1.54, 1.807) is 27.7 Å². The molecular formula is C21H32O4. The van der Waals surface area contributed by atoms with E-state index in [-0.39, 0.29) is 0 Å². The van der Waals surface area contributed by atoms with Gasteiger partial charge in [-0.15, -0.1) is 0 Å². The molecule has 0 saturated carbocycles. The first-order chi connectivity index (χ1) is 11.5. The van der Waals surface area contributed by atoms with Crippen LogP contribution in [-0.4, -0.2) is 22.2 Å². The van der Waals surface area contributed by atoms with Gasteiger partial charge in [-0.25, -0.2) is 0 Å². The number of carbonyl (C=O) groups is 2. The van der Waals surface area contributed by atoms with Crippen LogP contribution >= 0.6 is 0 Å². The largest absolute Gasteiger partial charge is 0.481 e. The molecule has 0 aliphatic rings. The third kappa shape index (κ3) is 6.52. The first kappa shape index (κ1) is 21.2. The summed E-state index contributed by atoms with van der Waals surface area (Å²) in [5.41, 5.74) is 2.31. The monoisotopic (exact) mass is 348 g/mol. The molecule has 0 radical (unpaired) electrons. The van der Waals surface area contributed by atoms with Gasteiger partial charge in [0.05, 0.1) is 10.8 Å². The highest BCUT2D eigenvalue weighted by atomic mass is 16.4. The van der Waals surface area contributed by atoms with Crippen LogP contribution in [0, 0.1) is 17.8 Å². The zero-order valence-electron chi connectivity index (χ0n) is 16.2. The van der Waals surface area contributed by atoms with E-state index < -0.39 is 22.8 Å². The predicted molar refractivity (Wildman–Crippen MR) is 99.9 cm³/mol. The summed E-state index contributed by atoms with van der Waals surface area (Å²) in [4.78, 5) is 22.4. The van der Waals surface area contributed by atoms with E-state index in [1.807, 2.05) is 0 Å². The maximum absolute atomic E-state index is 11.2. The molecule has 0 amide bonds. The van der Waals surface area contributed by atoms with Crippen LogP contribution in [0.2, 0.25) is 0 Å². The van der Waals surface area contributed by atoms with Crippen molar-refractivity contribution < 1.29 is 19.8 Å². The topological polar surface area (TPSA) is 74.6 Å². The van der Waals surface area contributed by atoms with E-state index >= 15 is 0 Å². The molecule has 0 bridgehead atoms. The maximum Gasteiger partial charge on any atom is 0.309 e. The molecule has 0 aliphatic carbocycles. The molecule has 1 rings (SSSR count). The maximum atomic E-state index is 11.2. The number of rotatable bonds is 10. The Kier molecular flexibility index (Phi) is 7.21. The summed E-state index contributed by atoms with van der Waals surface area (Å²) in [7, 11) is 0. The highest BCUT2D eigenvalue weighted by Crippen LogP contribution is 2.27. The van der Waals surface area contributed by atoms with Crippen molar-refractivity contribution in [2.75, 3.05) is 0 Å². The minimum absolute atomic E-state index is 0.641. The Labute approximate surface area is 151 Å². The average Bonchev–Trinajstić information content (AvgIpc) is 2.48. The van der Waals surface area contributed by atoms with E-state index in [0.717, 1.165) is 25.7 Å². The van der Waals surface area contributed by atoms with E-state index in [1.165, 1.54) is 16.7 Å². The Morgan fingerprint density at radius 3 is 1.72 bits per heavy atom. The van der Waals surface area contributed by atoms with Gasteiger partial charge in [0.25, 0.3) is 0 Å². The summed E-state index contributed by atoms with van der Waals surface area (Å²) >= 11 is 0. The van der Waals surface area contributed by atoms with Crippen molar-refractivity contribution >= 4 is 11.9 Å².